The first-order valence-corrected chi connectivity index (χ1v) is 8.11. The molecule has 1 saturated heterocycles. The molecule has 4 nitrogen and oxygen atoms in total. The number of nitrogens with zero attached hydrogens (tertiary/aromatic N) is 3. The number of hydrogen-bond acceptors (Lipinski definition) is 4. The summed E-state index contributed by atoms with van der Waals surface area (Å²) < 4.78 is 56.1. The van der Waals surface area contributed by atoms with Crippen molar-refractivity contribution in [2.45, 2.75) is 0 Å². The lowest BCUT2D eigenvalue weighted by Gasteiger charge is -2.28. The Bertz CT molecular complexity index is 966. The summed E-state index contributed by atoms with van der Waals surface area (Å²) in [5.74, 6) is -3.65. The van der Waals surface area contributed by atoms with Gasteiger partial charge < -0.3 is 10.2 Å². The summed E-state index contributed by atoms with van der Waals surface area (Å²) in [7, 11) is 0. The summed E-state index contributed by atoms with van der Waals surface area (Å²) in [4.78, 5) is 10.4. The lowest BCUT2D eigenvalue weighted by atomic mass is 10.0. The molecule has 0 bridgehead atoms. The first kappa shape index (κ1) is 16.7. The van der Waals surface area contributed by atoms with Crippen LogP contribution in [0.3, 0.4) is 0 Å². The van der Waals surface area contributed by atoms with E-state index < -0.39 is 23.3 Å². The topological polar surface area (TPSA) is 41.1 Å². The van der Waals surface area contributed by atoms with Crippen molar-refractivity contribution in [2.75, 3.05) is 31.1 Å². The Labute approximate surface area is 146 Å². The van der Waals surface area contributed by atoms with Gasteiger partial charge in [-0.15, -0.1) is 0 Å². The lowest BCUT2D eigenvalue weighted by Crippen LogP contribution is -2.44. The third kappa shape index (κ3) is 2.86. The Morgan fingerprint density at radius 1 is 0.846 bits per heavy atom. The van der Waals surface area contributed by atoms with Gasteiger partial charge in [0, 0.05) is 37.6 Å². The Morgan fingerprint density at radius 2 is 1.50 bits per heavy atom. The number of benzene rings is 2. The number of nitrogens with one attached hydrogen (secondary N) is 1. The van der Waals surface area contributed by atoms with Gasteiger partial charge in [0.05, 0.1) is 16.8 Å². The maximum absolute atomic E-state index is 14.3. The van der Waals surface area contributed by atoms with Crippen molar-refractivity contribution in [2.24, 2.45) is 0 Å². The van der Waals surface area contributed by atoms with Crippen molar-refractivity contribution in [1.82, 2.24) is 15.3 Å². The normalized spacial score (nSPS) is 14.8. The van der Waals surface area contributed by atoms with Crippen LogP contribution in [-0.2, 0) is 0 Å². The SMILES string of the molecule is Fc1cc2nc(N3CCNCC3)nc(-c3c(F)cccc3F)c2cc1F. The molecule has 4 rings (SSSR count). The van der Waals surface area contributed by atoms with Gasteiger partial charge in [-0.05, 0) is 18.2 Å². The van der Waals surface area contributed by atoms with E-state index in [-0.39, 0.29) is 28.1 Å². The minimum atomic E-state index is -1.13. The predicted octanol–water partition coefficient (Wildman–Crippen LogP) is 3.26. The quantitative estimate of drug-likeness (QED) is 0.711. The van der Waals surface area contributed by atoms with Gasteiger partial charge in [0.25, 0.3) is 0 Å². The molecule has 8 heteroatoms. The van der Waals surface area contributed by atoms with Crippen LogP contribution in [0.1, 0.15) is 0 Å². The number of aromatic nitrogens is 2. The summed E-state index contributed by atoms with van der Waals surface area (Å²) in [5.41, 5.74) is -0.398. The van der Waals surface area contributed by atoms with Gasteiger partial charge in [-0.1, -0.05) is 6.07 Å². The third-order valence-electron chi connectivity index (χ3n) is 4.33. The van der Waals surface area contributed by atoms with Crippen molar-refractivity contribution in [3.05, 3.63) is 53.6 Å². The van der Waals surface area contributed by atoms with Crippen molar-refractivity contribution in [1.29, 1.82) is 0 Å². The number of fused-ring (bicyclic) bond motifs is 1. The van der Waals surface area contributed by atoms with Gasteiger partial charge in [-0.25, -0.2) is 27.5 Å². The van der Waals surface area contributed by atoms with Crippen LogP contribution in [0.4, 0.5) is 23.5 Å². The summed E-state index contributed by atoms with van der Waals surface area (Å²) in [6.07, 6.45) is 0. The van der Waals surface area contributed by atoms with Crippen molar-refractivity contribution < 1.29 is 17.6 Å². The molecule has 0 unspecified atom stereocenters. The van der Waals surface area contributed by atoms with E-state index in [4.69, 9.17) is 0 Å². The van der Waals surface area contributed by atoms with Gasteiger partial charge in [-0.2, -0.15) is 0 Å². The zero-order valence-electron chi connectivity index (χ0n) is 13.6. The number of anilines is 1. The molecule has 0 atom stereocenters. The summed E-state index contributed by atoms with van der Waals surface area (Å²) in [6.45, 7) is 2.58. The van der Waals surface area contributed by atoms with Crippen LogP contribution in [0.25, 0.3) is 22.2 Å². The van der Waals surface area contributed by atoms with Gasteiger partial charge in [0.15, 0.2) is 11.6 Å². The van der Waals surface area contributed by atoms with Crippen LogP contribution < -0.4 is 10.2 Å². The van der Waals surface area contributed by atoms with Crippen LogP contribution in [0, 0.1) is 23.3 Å². The molecule has 1 fully saturated rings. The number of piperazine rings is 1. The fraction of sp³-hybridized carbons (Fsp3) is 0.222. The maximum Gasteiger partial charge on any atom is 0.226 e. The Hall–Kier alpha value is -2.74. The molecule has 2 heterocycles. The highest BCUT2D eigenvalue weighted by Gasteiger charge is 2.22. The molecular weight excluding hydrogens is 348 g/mol. The molecule has 0 amide bonds. The minimum absolute atomic E-state index is 0.0479. The Balaban J connectivity index is 2.01. The van der Waals surface area contributed by atoms with E-state index in [1.54, 1.807) is 0 Å². The molecule has 1 aliphatic heterocycles. The molecule has 26 heavy (non-hydrogen) atoms. The molecule has 0 spiro atoms. The van der Waals surface area contributed by atoms with Crippen LogP contribution in [-0.4, -0.2) is 36.1 Å². The van der Waals surface area contributed by atoms with Crippen LogP contribution in [0.2, 0.25) is 0 Å². The standard InChI is InChI=1S/C18H14F4N4/c19-11-2-1-3-12(20)16(11)17-10-8-13(21)14(22)9-15(10)24-18(25-17)26-6-4-23-5-7-26/h1-3,8-9,23H,4-7H2. The zero-order valence-corrected chi connectivity index (χ0v) is 13.6. The predicted molar refractivity (Wildman–Crippen MR) is 89.9 cm³/mol. The highest BCUT2D eigenvalue weighted by molar-refractivity contribution is 5.93. The highest BCUT2D eigenvalue weighted by Crippen LogP contribution is 2.33. The third-order valence-corrected chi connectivity index (χ3v) is 4.33. The second-order valence-corrected chi connectivity index (χ2v) is 5.99. The van der Waals surface area contributed by atoms with E-state index in [9.17, 15) is 17.6 Å². The molecular formula is C18H14F4N4. The molecule has 0 aliphatic carbocycles. The fourth-order valence-electron chi connectivity index (χ4n) is 3.03. The van der Waals surface area contributed by atoms with Crippen molar-refractivity contribution in [3.63, 3.8) is 0 Å². The van der Waals surface area contributed by atoms with Crippen molar-refractivity contribution >= 4 is 16.9 Å². The molecule has 1 N–H and O–H groups in total. The van der Waals surface area contributed by atoms with E-state index in [1.807, 2.05) is 4.90 Å². The fourth-order valence-corrected chi connectivity index (χ4v) is 3.03. The summed E-state index contributed by atoms with van der Waals surface area (Å²) in [6, 6.07) is 5.20. The van der Waals surface area contributed by atoms with E-state index in [0.717, 1.165) is 24.3 Å². The van der Waals surface area contributed by atoms with Crippen molar-refractivity contribution in [3.8, 4) is 11.3 Å². The number of hydrogen-bond donors (Lipinski definition) is 1. The maximum atomic E-state index is 14.3. The molecule has 134 valence electrons. The van der Waals surface area contributed by atoms with Gasteiger partial charge in [-0.3, -0.25) is 0 Å². The lowest BCUT2D eigenvalue weighted by molar-refractivity contribution is 0.510. The molecule has 3 aromatic rings. The van der Waals surface area contributed by atoms with Gasteiger partial charge >= 0.3 is 0 Å². The first-order chi connectivity index (χ1) is 12.5. The van der Waals surface area contributed by atoms with Crippen LogP contribution in [0.5, 0.6) is 0 Å². The van der Waals surface area contributed by atoms with Crippen LogP contribution >= 0.6 is 0 Å². The van der Waals surface area contributed by atoms with Gasteiger partial charge in [0.2, 0.25) is 5.95 Å². The highest BCUT2D eigenvalue weighted by atomic mass is 19.2. The summed E-state index contributed by atoms with van der Waals surface area (Å²) >= 11 is 0. The molecule has 1 aliphatic rings. The second kappa shape index (κ2) is 6.53. The zero-order chi connectivity index (χ0) is 18.3. The van der Waals surface area contributed by atoms with E-state index in [0.29, 0.717) is 26.2 Å². The average Bonchev–Trinajstić information content (AvgIpc) is 2.63. The van der Waals surface area contributed by atoms with E-state index >= 15 is 0 Å². The summed E-state index contributed by atoms with van der Waals surface area (Å²) in [5, 5.41) is 3.22. The minimum Gasteiger partial charge on any atom is -0.338 e. The van der Waals surface area contributed by atoms with E-state index in [1.165, 1.54) is 6.07 Å². The first-order valence-electron chi connectivity index (χ1n) is 8.11. The molecule has 1 aromatic heterocycles. The van der Waals surface area contributed by atoms with E-state index in [2.05, 4.69) is 15.3 Å². The monoisotopic (exact) mass is 362 g/mol. The molecule has 2 aromatic carbocycles. The largest absolute Gasteiger partial charge is 0.338 e. The Morgan fingerprint density at radius 3 is 2.19 bits per heavy atom. The molecule has 0 radical (unpaired) electrons. The van der Waals surface area contributed by atoms with Crippen LogP contribution in [0.15, 0.2) is 30.3 Å². The second-order valence-electron chi connectivity index (χ2n) is 5.99. The Kier molecular flexibility index (Phi) is 4.20. The smallest absolute Gasteiger partial charge is 0.226 e. The average molecular weight is 362 g/mol. The number of halogens is 4. The van der Waals surface area contributed by atoms with Gasteiger partial charge in [0.1, 0.15) is 11.6 Å². The molecule has 0 saturated carbocycles. The number of rotatable bonds is 2.